The maximum atomic E-state index is 13.5. The average molecular weight is 586 g/mol. The number of aryl methyl sites for hydroxylation is 1. The highest BCUT2D eigenvalue weighted by molar-refractivity contribution is 7.92. The molecule has 0 radical (unpaired) electrons. The van der Waals surface area contributed by atoms with Gasteiger partial charge in [0.15, 0.2) is 0 Å². The zero-order chi connectivity index (χ0) is 28.2. The summed E-state index contributed by atoms with van der Waals surface area (Å²) in [5.74, 6) is -0.0868. The predicted molar refractivity (Wildman–Crippen MR) is 155 cm³/mol. The van der Waals surface area contributed by atoms with Crippen LogP contribution in [0.3, 0.4) is 0 Å². The smallest absolute Gasteiger partial charge is 0.264 e. The largest absolute Gasteiger partial charge is 0.497 e. The summed E-state index contributed by atoms with van der Waals surface area (Å²) in [6.45, 7) is 3.38. The van der Waals surface area contributed by atoms with Crippen molar-refractivity contribution in [3.8, 4) is 11.4 Å². The van der Waals surface area contributed by atoms with E-state index >= 15 is 0 Å². The predicted octanol–water partition coefficient (Wildman–Crippen LogP) is 5.76. The number of carbonyl (C=O) groups is 1. The average Bonchev–Trinajstić information content (AvgIpc) is 3.21. The Morgan fingerprint density at radius 2 is 1.69 bits per heavy atom. The molecule has 0 unspecified atom stereocenters. The van der Waals surface area contributed by atoms with Gasteiger partial charge in [-0.15, -0.1) is 0 Å². The first-order chi connectivity index (χ1) is 18.6. The van der Waals surface area contributed by atoms with E-state index < -0.39 is 22.5 Å². The molecule has 0 spiro atoms. The van der Waals surface area contributed by atoms with E-state index in [1.54, 1.807) is 54.6 Å². The van der Waals surface area contributed by atoms with Gasteiger partial charge in [-0.3, -0.25) is 9.10 Å². The minimum atomic E-state index is -4.06. The van der Waals surface area contributed by atoms with Gasteiger partial charge in [0.25, 0.3) is 15.9 Å². The highest BCUT2D eigenvalue weighted by Gasteiger charge is 2.27. The molecule has 0 atom stereocenters. The van der Waals surface area contributed by atoms with Crippen molar-refractivity contribution in [3.63, 3.8) is 0 Å². The van der Waals surface area contributed by atoms with Crippen LogP contribution in [0.4, 0.5) is 5.69 Å². The number of hydrogen-bond donors (Lipinski definition) is 1. The minimum Gasteiger partial charge on any atom is -0.497 e. The van der Waals surface area contributed by atoms with Gasteiger partial charge < -0.3 is 9.30 Å². The van der Waals surface area contributed by atoms with E-state index in [0.717, 1.165) is 26.9 Å². The Balaban J connectivity index is 1.53. The SMILES string of the molecule is COc1ccc(S(=O)(=O)N(CC(=O)N/N=C/c2cc(C)n(-c3ccc(Cl)c(Cl)c3)c2C)c2ccccc2)cc1. The number of halogens is 2. The third-order valence-electron chi connectivity index (χ3n) is 6.00. The fourth-order valence-electron chi connectivity index (χ4n) is 4.06. The topological polar surface area (TPSA) is 93.0 Å². The normalized spacial score (nSPS) is 11.5. The molecule has 4 rings (SSSR count). The number of carbonyl (C=O) groups excluding carboxylic acids is 1. The van der Waals surface area contributed by atoms with E-state index in [1.807, 2.05) is 30.5 Å². The van der Waals surface area contributed by atoms with Crippen LogP contribution in [0.1, 0.15) is 17.0 Å². The van der Waals surface area contributed by atoms with Crippen LogP contribution in [0.5, 0.6) is 5.75 Å². The van der Waals surface area contributed by atoms with Gasteiger partial charge in [0.2, 0.25) is 0 Å². The number of hydrogen-bond acceptors (Lipinski definition) is 5. The molecular formula is C28H26Cl2N4O4S. The number of rotatable bonds is 9. The zero-order valence-corrected chi connectivity index (χ0v) is 23.8. The molecule has 1 amide bonds. The number of para-hydroxylation sites is 1. The van der Waals surface area contributed by atoms with Gasteiger partial charge in [-0.2, -0.15) is 5.10 Å². The van der Waals surface area contributed by atoms with Crippen molar-refractivity contribution in [2.45, 2.75) is 18.7 Å². The van der Waals surface area contributed by atoms with Crippen LogP contribution in [-0.2, 0) is 14.8 Å². The second kappa shape index (κ2) is 11.9. The number of sulfonamides is 1. The van der Waals surface area contributed by atoms with Gasteiger partial charge >= 0.3 is 0 Å². The molecule has 0 fully saturated rings. The molecule has 0 saturated carbocycles. The first-order valence-electron chi connectivity index (χ1n) is 11.8. The van der Waals surface area contributed by atoms with E-state index in [9.17, 15) is 13.2 Å². The molecule has 0 aliphatic rings. The minimum absolute atomic E-state index is 0.0261. The standard InChI is InChI=1S/C28H26Cl2N4O4S/c1-19-15-21(20(2)34(19)23-9-14-26(29)27(30)16-23)17-31-32-28(35)18-33(22-7-5-4-6-8-22)39(36,37)25-12-10-24(38-3)11-13-25/h4-17H,18H2,1-3H3,(H,32,35)/b31-17+. The highest BCUT2D eigenvalue weighted by atomic mass is 35.5. The van der Waals surface area contributed by atoms with Crippen LogP contribution in [-0.4, -0.2) is 38.8 Å². The van der Waals surface area contributed by atoms with Crippen LogP contribution >= 0.6 is 23.2 Å². The molecule has 0 aliphatic carbocycles. The number of hydrazone groups is 1. The Hall–Kier alpha value is -3.79. The Morgan fingerprint density at radius 1 is 1.00 bits per heavy atom. The Morgan fingerprint density at radius 3 is 2.33 bits per heavy atom. The number of nitrogens with one attached hydrogen (secondary N) is 1. The summed E-state index contributed by atoms with van der Waals surface area (Å²) in [4.78, 5) is 12.9. The lowest BCUT2D eigenvalue weighted by atomic mass is 10.2. The third kappa shape index (κ3) is 6.27. The van der Waals surface area contributed by atoms with Crippen LogP contribution in [0.2, 0.25) is 10.0 Å². The fraction of sp³-hybridized carbons (Fsp3) is 0.143. The second-order valence-electron chi connectivity index (χ2n) is 8.58. The van der Waals surface area contributed by atoms with Crippen LogP contribution in [0.15, 0.2) is 88.9 Å². The van der Waals surface area contributed by atoms with Gasteiger partial charge in [-0.25, -0.2) is 13.8 Å². The number of nitrogens with zero attached hydrogens (tertiary/aromatic N) is 3. The summed E-state index contributed by atoms with van der Waals surface area (Å²) in [7, 11) is -2.56. The lowest BCUT2D eigenvalue weighted by Gasteiger charge is -2.23. The molecule has 8 nitrogen and oxygen atoms in total. The van der Waals surface area contributed by atoms with Crippen molar-refractivity contribution in [2.24, 2.45) is 5.10 Å². The summed E-state index contributed by atoms with van der Waals surface area (Å²) in [6.07, 6.45) is 1.51. The fourth-order valence-corrected chi connectivity index (χ4v) is 5.78. The molecule has 0 saturated heterocycles. The quantitative estimate of drug-likeness (QED) is 0.200. The molecule has 3 aromatic carbocycles. The summed E-state index contributed by atoms with van der Waals surface area (Å²) >= 11 is 12.2. The van der Waals surface area contributed by atoms with E-state index in [4.69, 9.17) is 27.9 Å². The summed E-state index contributed by atoms with van der Waals surface area (Å²) in [6, 6.07) is 21.6. The summed E-state index contributed by atoms with van der Waals surface area (Å²) in [5, 5.41) is 4.99. The van der Waals surface area contributed by atoms with Gasteiger partial charge in [-0.05, 0) is 74.5 Å². The van der Waals surface area contributed by atoms with Gasteiger partial charge in [0, 0.05) is 22.6 Å². The van der Waals surface area contributed by atoms with Gasteiger partial charge in [0.05, 0.1) is 34.0 Å². The van der Waals surface area contributed by atoms with Crippen molar-refractivity contribution in [3.05, 3.63) is 106 Å². The molecule has 1 heterocycles. The number of aromatic nitrogens is 1. The number of ether oxygens (including phenoxy) is 1. The van der Waals surface area contributed by atoms with Crippen molar-refractivity contribution in [1.82, 2.24) is 9.99 Å². The molecule has 1 N–H and O–H groups in total. The van der Waals surface area contributed by atoms with Crippen molar-refractivity contribution < 1.29 is 17.9 Å². The van der Waals surface area contributed by atoms with Gasteiger partial charge in [-0.1, -0.05) is 41.4 Å². The lowest BCUT2D eigenvalue weighted by molar-refractivity contribution is -0.119. The maximum Gasteiger partial charge on any atom is 0.264 e. The molecule has 11 heteroatoms. The first-order valence-corrected chi connectivity index (χ1v) is 14.0. The van der Waals surface area contributed by atoms with E-state index in [-0.39, 0.29) is 4.90 Å². The third-order valence-corrected chi connectivity index (χ3v) is 8.53. The molecule has 0 bridgehead atoms. The number of methoxy groups -OCH3 is 1. The zero-order valence-electron chi connectivity index (χ0n) is 21.4. The van der Waals surface area contributed by atoms with E-state index in [0.29, 0.717) is 21.5 Å². The molecular weight excluding hydrogens is 559 g/mol. The van der Waals surface area contributed by atoms with Crippen LogP contribution in [0, 0.1) is 13.8 Å². The Labute approximate surface area is 237 Å². The molecule has 4 aromatic rings. The van der Waals surface area contributed by atoms with Crippen LogP contribution < -0.4 is 14.5 Å². The van der Waals surface area contributed by atoms with Gasteiger partial charge in [0.1, 0.15) is 12.3 Å². The number of anilines is 1. The van der Waals surface area contributed by atoms with Crippen LogP contribution in [0.25, 0.3) is 5.69 Å². The Kier molecular flexibility index (Phi) is 8.64. The molecule has 0 aliphatic heterocycles. The van der Waals surface area contributed by atoms with Crippen molar-refractivity contribution in [1.29, 1.82) is 0 Å². The first kappa shape index (κ1) is 28.2. The highest BCUT2D eigenvalue weighted by Crippen LogP contribution is 2.28. The van der Waals surface area contributed by atoms with Crippen molar-refractivity contribution in [2.75, 3.05) is 18.0 Å². The lowest BCUT2D eigenvalue weighted by Crippen LogP contribution is -2.39. The van der Waals surface area contributed by atoms with Crippen molar-refractivity contribution >= 4 is 51.0 Å². The molecule has 202 valence electrons. The number of benzene rings is 3. The molecule has 39 heavy (non-hydrogen) atoms. The maximum absolute atomic E-state index is 13.5. The van der Waals surface area contributed by atoms with E-state index in [2.05, 4.69) is 10.5 Å². The monoisotopic (exact) mass is 584 g/mol. The summed E-state index contributed by atoms with van der Waals surface area (Å²) in [5.41, 5.74) is 6.20. The molecule has 1 aromatic heterocycles. The Bertz CT molecular complexity index is 1620. The van der Waals surface area contributed by atoms with E-state index in [1.165, 1.54) is 25.5 Å². The summed E-state index contributed by atoms with van der Waals surface area (Å²) < 4.78 is 35.1. The number of amides is 1. The second-order valence-corrected chi connectivity index (χ2v) is 11.3.